The molecule has 0 aromatic heterocycles. The monoisotopic (exact) mass is 542 g/mol. The predicted molar refractivity (Wildman–Crippen MR) is 132 cm³/mol. The summed E-state index contributed by atoms with van der Waals surface area (Å²) in [6.45, 7) is 1.42. The molecule has 3 atom stereocenters. The molecule has 2 rings (SSSR count). The first-order chi connectivity index (χ1) is 18.0. The van der Waals surface area contributed by atoms with E-state index in [1.54, 1.807) is 49.1 Å². The van der Waals surface area contributed by atoms with Gasteiger partial charge in [0.2, 0.25) is 17.7 Å². The summed E-state index contributed by atoms with van der Waals surface area (Å²) in [5.74, 6) is -3.57. The molecule has 4 N–H and O–H groups in total. The molecule has 1 saturated heterocycles. The number of halogens is 2. The molecule has 3 amide bonds. The molecular weight excluding hydrogens is 506 g/mol. The van der Waals surface area contributed by atoms with Crippen LogP contribution in [0.5, 0.6) is 0 Å². The van der Waals surface area contributed by atoms with Crippen LogP contribution in [-0.4, -0.2) is 97.9 Å². The van der Waals surface area contributed by atoms with Crippen LogP contribution in [0, 0.1) is 5.92 Å². The minimum Gasteiger partial charge on any atom is -0.480 e. The van der Waals surface area contributed by atoms with Crippen LogP contribution in [0.2, 0.25) is 0 Å². The standard InChI is InChI=1S/C25H36F2N4O7/c1-16(2)12-18(22(33)30-19(24(35)36)13-17-6-4-3-5-7-17)29-23(34)20(15-38-25(26)27)28-21(32)14-31-8-10-37-11-9-31/h3-7,16,18-20,25H,8-15H2,1-2H3,(H,28,32)(H,29,34)(H,30,33)(H,35,36)/t18-,19-,20-/m0/s1. The lowest BCUT2D eigenvalue weighted by atomic mass is 10.0. The molecule has 1 aliphatic heterocycles. The first-order valence-electron chi connectivity index (χ1n) is 12.4. The maximum absolute atomic E-state index is 13.0. The summed E-state index contributed by atoms with van der Waals surface area (Å²) in [4.78, 5) is 52.1. The average molecular weight is 543 g/mol. The first kappa shape index (κ1) is 31.1. The van der Waals surface area contributed by atoms with Crippen LogP contribution in [0.15, 0.2) is 30.3 Å². The van der Waals surface area contributed by atoms with Crippen molar-refractivity contribution in [3.8, 4) is 0 Å². The lowest BCUT2D eigenvalue weighted by Crippen LogP contribution is -2.58. The van der Waals surface area contributed by atoms with Crippen molar-refractivity contribution in [2.45, 2.75) is 51.4 Å². The molecule has 0 saturated carbocycles. The Kier molecular flexibility index (Phi) is 13.0. The molecule has 11 nitrogen and oxygen atoms in total. The number of hydrogen-bond acceptors (Lipinski definition) is 7. The van der Waals surface area contributed by atoms with Gasteiger partial charge < -0.3 is 30.5 Å². The number of amides is 3. The zero-order valence-corrected chi connectivity index (χ0v) is 21.5. The highest BCUT2D eigenvalue weighted by atomic mass is 19.3. The van der Waals surface area contributed by atoms with Crippen molar-refractivity contribution in [3.05, 3.63) is 35.9 Å². The van der Waals surface area contributed by atoms with Gasteiger partial charge >= 0.3 is 12.6 Å². The van der Waals surface area contributed by atoms with Crippen LogP contribution in [0.1, 0.15) is 25.8 Å². The van der Waals surface area contributed by atoms with Gasteiger partial charge in [0.25, 0.3) is 0 Å². The van der Waals surface area contributed by atoms with Crippen molar-refractivity contribution in [3.63, 3.8) is 0 Å². The normalized spacial score (nSPS) is 16.5. The Balaban J connectivity index is 2.09. The van der Waals surface area contributed by atoms with Crippen molar-refractivity contribution in [2.24, 2.45) is 5.92 Å². The molecule has 1 aromatic carbocycles. The molecule has 1 aromatic rings. The number of morpholine rings is 1. The Morgan fingerprint density at radius 3 is 2.16 bits per heavy atom. The highest BCUT2D eigenvalue weighted by Crippen LogP contribution is 2.09. The number of aliphatic carboxylic acids is 1. The minimum atomic E-state index is -3.18. The van der Waals surface area contributed by atoms with Gasteiger partial charge in [0.15, 0.2) is 0 Å². The number of hydrogen-bond donors (Lipinski definition) is 4. The molecule has 0 radical (unpaired) electrons. The molecule has 1 heterocycles. The van der Waals surface area contributed by atoms with Gasteiger partial charge in [-0.15, -0.1) is 0 Å². The van der Waals surface area contributed by atoms with Crippen LogP contribution >= 0.6 is 0 Å². The number of carbonyl (C=O) groups excluding carboxylic acids is 3. The van der Waals surface area contributed by atoms with E-state index >= 15 is 0 Å². The van der Waals surface area contributed by atoms with Crippen LogP contribution < -0.4 is 16.0 Å². The topological polar surface area (TPSA) is 146 Å². The fourth-order valence-corrected chi connectivity index (χ4v) is 3.85. The summed E-state index contributed by atoms with van der Waals surface area (Å²) in [6, 6.07) is 4.78. The maximum Gasteiger partial charge on any atom is 0.345 e. The Hall–Kier alpha value is -3.16. The zero-order valence-electron chi connectivity index (χ0n) is 21.5. The first-order valence-corrected chi connectivity index (χ1v) is 12.4. The van der Waals surface area contributed by atoms with Crippen molar-refractivity contribution < 1.29 is 42.5 Å². The Morgan fingerprint density at radius 1 is 0.974 bits per heavy atom. The molecule has 0 aliphatic carbocycles. The number of benzene rings is 1. The fraction of sp³-hybridized carbons (Fsp3) is 0.600. The molecule has 0 spiro atoms. The summed E-state index contributed by atoms with van der Waals surface area (Å²) >= 11 is 0. The van der Waals surface area contributed by atoms with Gasteiger partial charge in [0.1, 0.15) is 18.1 Å². The third-order valence-electron chi connectivity index (χ3n) is 5.75. The van der Waals surface area contributed by atoms with Gasteiger partial charge in [-0.1, -0.05) is 44.2 Å². The summed E-state index contributed by atoms with van der Waals surface area (Å²) in [6.07, 6.45) is 0.159. The minimum absolute atomic E-state index is 0.0205. The highest BCUT2D eigenvalue weighted by molar-refractivity contribution is 5.93. The van der Waals surface area contributed by atoms with Crippen LogP contribution in [0.4, 0.5) is 8.78 Å². The van der Waals surface area contributed by atoms with Crippen molar-refractivity contribution >= 4 is 23.7 Å². The lowest BCUT2D eigenvalue weighted by molar-refractivity contribution is -0.148. The van der Waals surface area contributed by atoms with Crippen LogP contribution in [-0.2, 0) is 35.1 Å². The molecule has 1 aliphatic rings. The second kappa shape index (κ2) is 15.9. The summed E-state index contributed by atoms with van der Waals surface area (Å²) in [7, 11) is 0. The third-order valence-corrected chi connectivity index (χ3v) is 5.75. The number of carboxylic acids is 1. The summed E-state index contributed by atoms with van der Waals surface area (Å²) < 4.78 is 34.9. The number of nitrogens with zero attached hydrogens (tertiary/aromatic N) is 1. The SMILES string of the molecule is CC(C)C[C@H](NC(=O)[C@H](COC(F)F)NC(=O)CN1CCOCC1)C(=O)N[C@@H](Cc1ccccc1)C(=O)O. The third kappa shape index (κ3) is 11.5. The number of alkyl halides is 2. The molecule has 13 heteroatoms. The van der Waals surface area contributed by atoms with Gasteiger partial charge in [-0.3, -0.25) is 19.3 Å². The van der Waals surface area contributed by atoms with E-state index in [4.69, 9.17) is 4.74 Å². The molecule has 1 fully saturated rings. The van der Waals surface area contributed by atoms with Gasteiger partial charge in [-0.25, -0.2) is 4.79 Å². The number of carboxylic acid groups (broad SMARTS) is 1. The quantitative estimate of drug-likeness (QED) is 0.249. The Bertz CT molecular complexity index is 914. The largest absolute Gasteiger partial charge is 0.480 e. The van der Waals surface area contributed by atoms with Crippen molar-refractivity contribution in [2.75, 3.05) is 39.5 Å². The lowest BCUT2D eigenvalue weighted by Gasteiger charge is -2.28. The average Bonchev–Trinajstić information content (AvgIpc) is 2.86. The Labute approximate surface area is 220 Å². The van der Waals surface area contributed by atoms with E-state index < -0.39 is 55.0 Å². The molecule has 38 heavy (non-hydrogen) atoms. The fourth-order valence-electron chi connectivity index (χ4n) is 3.85. The number of nitrogens with one attached hydrogen (secondary N) is 3. The van der Waals surface area contributed by atoms with Gasteiger partial charge in [-0.2, -0.15) is 8.78 Å². The predicted octanol–water partition coefficient (Wildman–Crippen LogP) is 0.386. The smallest absolute Gasteiger partial charge is 0.345 e. The van der Waals surface area contributed by atoms with Crippen molar-refractivity contribution in [1.29, 1.82) is 0 Å². The summed E-state index contributed by atoms with van der Waals surface area (Å²) in [5.41, 5.74) is 0.692. The Morgan fingerprint density at radius 2 is 1.58 bits per heavy atom. The van der Waals surface area contributed by atoms with E-state index in [0.717, 1.165) is 0 Å². The number of carbonyl (C=O) groups is 4. The van der Waals surface area contributed by atoms with Crippen LogP contribution in [0.3, 0.4) is 0 Å². The van der Waals surface area contributed by atoms with Gasteiger partial charge in [-0.05, 0) is 17.9 Å². The summed E-state index contributed by atoms with van der Waals surface area (Å²) in [5, 5.41) is 16.9. The van der Waals surface area contributed by atoms with Gasteiger partial charge in [0, 0.05) is 19.5 Å². The van der Waals surface area contributed by atoms with E-state index in [0.29, 0.717) is 31.9 Å². The maximum atomic E-state index is 13.0. The van der Waals surface area contributed by atoms with E-state index in [2.05, 4.69) is 20.7 Å². The molecular formula is C25H36F2N4O7. The van der Waals surface area contributed by atoms with Crippen LogP contribution in [0.25, 0.3) is 0 Å². The molecule has 0 unspecified atom stereocenters. The number of ether oxygens (including phenoxy) is 2. The van der Waals surface area contributed by atoms with E-state index in [9.17, 15) is 33.1 Å². The van der Waals surface area contributed by atoms with E-state index in [-0.39, 0.29) is 25.3 Å². The van der Waals surface area contributed by atoms with Gasteiger partial charge in [0.05, 0.1) is 26.4 Å². The highest BCUT2D eigenvalue weighted by Gasteiger charge is 2.31. The number of rotatable bonds is 15. The molecule has 212 valence electrons. The van der Waals surface area contributed by atoms with E-state index in [1.165, 1.54) is 0 Å². The van der Waals surface area contributed by atoms with E-state index in [1.807, 2.05) is 0 Å². The molecule has 0 bridgehead atoms. The second-order valence-electron chi connectivity index (χ2n) is 9.38. The van der Waals surface area contributed by atoms with Crippen molar-refractivity contribution in [1.82, 2.24) is 20.9 Å². The zero-order chi connectivity index (χ0) is 28.1. The second-order valence-corrected chi connectivity index (χ2v) is 9.38.